The number of carbonyl (C=O) groups excluding carboxylic acids is 3. The van der Waals surface area contributed by atoms with Crippen LogP contribution in [0.5, 0.6) is 0 Å². The quantitative estimate of drug-likeness (QED) is 0.253. The van der Waals surface area contributed by atoms with Crippen LogP contribution in [0.25, 0.3) is 0 Å². The van der Waals surface area contributed by atoms with E-state index in [0.29, 0.717) is 16.0 Å². The molecular formula is C22H17ClFN5O5S2. The third-order valence-electron chi connectivity index (χ3n) is 5.15. The summed E-state index contributed by atoms with van der Waals surface area (Å²) in [5.74, 6) is -2.12. The molecule has 0 spiro atoms. The van der Waals surface area contributed by atoms with Crippen molar-refractivity contribution < 1.29 is 27.2 Å². The number of imide groups is 1. The fraction of sp³-hybridized carbons (Fsp3) is 0.0909. The molecule has 0 aliphatic carbocycles. The number of nitrogens with zero attached hydrogens (tertiary/aromatic N) is 2. The molecule has 2 heterocycles. The van der Waals surface area contributed by atoms with Crippen molar-refractivity contribution >= 4 is 68.0 Å². The standard InChI is InChI=1S/C22H17ClFN5O5S2/c1-26-20(25)11-2-4-14-12(8-11)9-18(30)29(21(14)31)16-5-3-13(10-15(16)24)27-22(32)28-36(33,34)19-7-6-17(23)35-19/h2-8,10H,9H2,1H3,(H2,25,26)(H2,27,28,32). The molecule has 4 N–H and O–H groups in total. The van der Waals surface area contributed by atoms with Gasteiger partial charge < -0.3 is 11.1 Å². The van der Waals surface area contributed by atoms with Gasteiger partial charge in [-0.3, -0.25) is 14.6 Å². The van der Waals surface area contributed by atoms with Crippen LogP contribution in [-0.4, -0.2) is 39.1 Å². The molecule has 36 heavy (non-hydrogen) atoms. The number of anilines is 2. The Morgan fingerprint density at radius 1 is 1.17 bits per heavy atom. The van der Waals surface area contributed by atoms with Gasteiger partial charge in [-0.2, -0.15) is 0 Å². The highest BCUT2D eigenvalue weighted by atomic mass is 35.5. The molecule has 0 atom stereocenters. The molecule has 0 radical (unpaired) electrons. The fourth-order valence-corrected chi connectivity index (χ4v) is 5.88. The summed E-state index contributed by atoms with van der Waals surface area (Å²) in [5.41, 5.74) is 6.57. The van der Waals surface area contributed by atoms with Crippen molar-refractivity contribution in [1.29, 1.82) is 0 Å². The van der Waals surface area contributed by atoms with Crippen LogP contribution in [0.2, 0.25) is 4.34 Å². The summed E-state index contributed by atoms with van der Waals surface area (Å²) in [4.78, 5) is 42.5. The van der Waals surface area contributed by atoms with Crippen molar-refractivity contribution in [2.45, 2.75) is 10.6 Å². The molecule has 0 bridgehead atoms. The Bertz CT molecular complexity index is 1550. The number of hydrogen-bond acceptors (Lipinski definition) is 7. The number of amidine groups is 1. The van der Waals surface area contributed by atoms with Gasteiger partial charge in [0.05, 0.1) is 16.4 Å². The van der Waals surface area contributed by atoms with Crippen molar-refractivity contribution in [1.82, 2.24) is 4.72 Å². The zero-order valence-electron chi connectivity index (χ0n) is 18.4. The minimum Gasteiger partial charge on any atom is -0.384 e. The second-order valence-corrected chi connectivity index (χ2v) is 11.1. The molecule has 0 fully saturated rings. The molecule has 1 aromatic heterocycles. The molecule has 186 valence electrons. The lowest BCUT2D eigenvalue weighted by molar-refractivity contribution is -0.117. The number of nitrogens with one attached hydrogen (secondary N) is 2. The molecule has 4 amide bonds. The van der Waals surface area contributed by atoms with Gasteiger partial charge in [-0.05, 0) is 48.0 Å². The highest BCUT2D eigenvalue weighted by Crippen LogP contribution is 2.30. The van der Waals surface area contributed by atoms with Crippen molar-refractivity contribution in [3.05, 3.63) is 75.4 Å². The van der Waals surface area contributed by atoms with Gasteiger partial charge in [0.15, 0.2) is 0 Å². The molecule has 0 saturated heterocycles. The predicted octanol–water partition coefficient (Wildman–Crippen LogP) is 3.12. The molecule has 0 saturated carbocycles. The van der Waals surface area contributed by atoms with Crippen LogP contribution in [0, 0.1) is 5.82 Å². The van der Waals surface area contributed by atoms with E-state index in [2.05, 4.69) is 10.3 Å². The summed E-state index contributed by atoms with van der Waals surface area (Å²) in [7, 11) is -2.67. The average molecular weight is 550 g/mol. The molecule has 4 rings (SSSR count). The minimum absolute atomic E-state index is 0.107. The normalized spacial score (nSPS) is 14.0. The molecule has 14 heteroatoms. The highest BCUT2D eigenvalue weighted by molar-refractivity contribution is 7.92. The first-order valence-corrected chi connectivity index (χ1v) is 12.8. The van der Waals surface area contributed by atoms with E-state index in [1.54, 1.807) is 16.9 Å². The third kappa shape index (κ3) is 4.94. The topological polar surface area (TPSA) is 151 Å². The fourth-order valence-electron chi connectivity index (χ4n) is 3.49. The molecule has 10 nitrogen and oxygen atoms in total. The lowest BCUT2D eigenvalue weighted by Gasteiger charge is -2.27. The van der Waals surface area contributed by atoms with Crippen LogP contribution in [0.15, 0.2) is 57.7 Å². The van der Waals surface area contributed by atoms with Gasteiger partial charge in [0, 0.05) is 23.9 Å². The minimum atomic E-state index is -4.18. The van der Waals surface area contributed by atoms with E-state index in [1.165, 1.54) is 31.3 Å². The Hall–Kier alpha value is -3.81. The number of hydrogen-bond donors (Lipinski definition) is 3. The van der Waals surface area contributed by atoms with Gasteiger partial charge >= 0.3 is 6.03 Å². The van der Waals surface area contributed by atoms with Gasteiger partial charge in [-0.1, -0.05) is 17.7 Å². The van der Waals surface area contributed by atoms with E-state index < -0.39 is 33.7 Å². The maximum absolute atomic E-state index is 14.9. The van der Waals surface area contributed by atoms with Gasteiger partial charge in [-0.15, -0.1) is 11.3 Å². The Morgan fingerprint density at radius 2 is 1.92 bits per heavy atom. The Morgan fingerprint density at radius 3 is 2.56 bits per heavy atom. The number of benzene rings is 2. The average Bonchev–Trinajstić information content (AvgIpc) is 3.26. The number of sulfonamides is 1. The molecule has 0 unspecified atom stereocenters. The summed E-state index contributed by atoms with van der Waals surface area (Å²) in [6, 6.07) is 9.33. The number of fused-ring (bicyclic) bond motifs is 1. The van der Waals surface area contributed by atoms with Gasteiger partial charge in [0.2, 0.25) is 5.91 Å². The number of aliphatic imine (C=N–C) groups is 1. The van der Waals surface area contributed by atoms with Gasteiger partial charge in [0.25, 0.3) is 15.9 Å². The number of rotatable bonds is 5. The summed E-state index contributed by atoms with van der Waals surface area (Å²) in [6.07, 6.45) is -0.168. The van der Waals surface area contributed by atoms with E-state index in [-0.39, 0.29) is 37.7 Å². The third-order valence-corrected chi connectivity index (χ3v) is 8.21. The SMILES string of the molecule is CN=C(N)c1ccc2c(c1)CC(=O)N(c1ccc(NC(=O)NS(=O)(=O)c3ccc(Cl)s3)cc1F)C2=O. The maximum Gasteiger partial charge on any atom is 0.333 e. The van der Waals surface area contributed by atoms with E-state index in [1.807, 2.05) is 0 Å². The Kier molecular flexibility index (Phi) is 6.80. The highest BCUT2D eigenvalue weighted by Gasteiger charge is 2.34. The van der Waals surface area contributed by atoms with Crippen LogP contribution >= 0.6 is 22.9 Å². The van der Waals surface area contributed by atoms with Gasteiger partial charge in [-0.25, -0.2) is 27.2 Å². The van der Waals surface area contributed by atoms with Crippen LogP contribution < -0.4 is 20.7 Å². The first-order valence-electron chi connectivity index (χ1n) is 10.1. The smallest absolute Gasteiger partial charge is 0.333 e. The number of amides is 4. The number of carbonyl (C=O) groups is 3. The number of nitrogens with two attached hydrogens (primary N) is 1. The van der Waals surface area contributed by atoms with Crippen molar-refractivity contribution in [2.75, 3.05) is 17.3 Å². The largest absolute Gasteiger partial charge is 0.384 e. The summed E-state index contributed by atoms with van der Waals surface area (Å²) in [6.45, 7) is 0. The van der Waals surface area contributed by atoms with Gasteiger partial charge in [0.1, 0.15) is 15.9 Å². The second kappa shape index (κ2) is 9.68. The number of urea groups is 1. The second-order valence-electron chi connectivity index (χ2n) is 7.48. The monoisotopic (exact) mass is 549 g/mol. The lowest BCUT2D eigenvalue weighted by atomic mass is 9.95. The molecule has 3 aromatic rings. The van der Waals surface area contributed by atoms with Crippen molar-refractivity contribution in [2.24, 2.45) is 10.7 Å². The van der Waals surface area contributed by atoms with E-state index >= 15 is 0 Å². The van der Waals surface area contributed by atoms with Crippen molar-refractivity contribution in [3.63, 3.8) is 0 Å². The summed E-state index contributed by atoms with van der Waals surface area (Å²) >= 11 is 6.48. The maximum atomic E-state index is 14.9. The van der Waals surface area contributed by atoms with Crippen LogP contribution in [0.3, 0.4) is 0 Å². The zero-order valence-corrected chi connectivity index (χ0v) is 20.8. The number of thiophene rings is 1. The first kappa shape index (κ1) is 25.3. The Labute approximate surface area is 213 Å². The Balaban J connectivity index is 1.53. The molecule has 1 aliphatic heterocycles. The molecule has 1 aliphatic rings. The summed E-state index contributed by atoms with van der Waals surface area (Å²) < 4.78 is 41.2. The van der Waals surface area contributed by atoms with E-state index in [4.69, 9.17) is 17.3 Å². The predicted molar refractivity (Wildman–Crippen MR) is 134 cm³/mol. The molecular weight excluding hydrogens is 533 g/mol. The lowest BCUT2D eigenvalue weighted by Crippen LogP contribution is -2.43. The van der Waals surface area contributed by atoms with Crippen molar-refractivity contribution in [3.8, 4) is 0 Å². The van der Waals surface area contributed by atoms with E-state index in [9.17, 15) is 27.2 Å². The summed E-state index contributed by atoms with van der Waals surface area (Å²) in [5, 5.41) is 2.20. The number of halogens is 2. The van der Waals surface area contributed by atoms with Crippen LogP contribution in [-0.2, 0) is 21.2 Å². The van der Waals surface area contributed by atoms with Crippen LogP contribution in [0.4, 0.5) is 20.6 Å². The molecule has 2 aromatic carbocycles. The van der Waals surface area contributed by atoms with E-state index in [0.717, 1.165) is 23.5 Å². The van der Waals surface area contributed by atoms with Crippen LogP contribution in [0.1, 0.15) is 21.5 Å². The zero-order chi connectivity index (χ0) is 26.2. The first-order chi connectivity index (χ1) is 17.0.